The fourth-order valence-corrected chi connectivity index (χ4v) is 2.65. The summed E-state index contributed by atoms with van der Waals surface area (Å²) in [6, 6.07) is 1.85. The normalized spacial score (nSPS) is 21.6. The molecule has 1 saturated heterocycles. The van der Waals surface area contributed by atoms with E-state index in [1.54, 1.807) is 6.92 Å². The number of likely N-dealkylation sites (tertiary alicyclic amines) is 1. The van der Waals surface area contributed by atoms with E-state index in [0.717, 1.165) is 0 Å². The van der Waals surface area contributed by atoms with Crippen LogP contribution >= 0.6 is 0 Å². The number of halogens is 2. The third kappa shape index (κ3) is 2.62. The lowest BCUT2D eigenvalue weighted by Crippen LogP contribution is -2.36. The summed E-state index contributed by atoms with van der Waals surface area (Å²) in [4.78, 5) is 25.0. The highest BCUT2D eigenvalue weighted by molar-refractivity contribution is 5.95. The van der Waals surface area contributed by atoms with Crippen LogP contribution in [-0.4, -0.2) is 35.0 Å². The summed E-state index contributed by atoms with van der Waals surface area (Å²) in [6.45, 7) is 3.51. The summed E-state index contributed by atoms with van der Waals surface area (Å²) in [5, 5.41) is 9.31. The lowest BCUT2D eigenvalue weighted by atomic mass is 9.84. The Morgan fingerprint density at radius 3 is 2.52 bits per heavy atom. The highest BCUT2D eigenvalue weighted by atomic mass is 19.1. The maximum absolute atomic E-state index is 13.8. The summed E-state index contributed by atoms with van der Waals surface area (Å²) in [5.74, 6) is -3.17. The average Bonchev–Trinajstić information content (AvgIpc) is 2.88. The zero-order valence-electron chi connectivity index (χ0n) is 11.9. The Kier molecular flexibility index (Phi) is 3.98. The second-order valence-corrected chi connectivity index (χ2v) is 5.50. The monoisotopic (exact) mass is 297 g/mol. The van der Waals surface area contributed by atoms with Crippen molar-refractivity contribution in [2.24, 2.45) is 5.41 Å². The molecule has 1 N–H and O–H groups in total. The van der Waals surface area contributed by atoms with Crippen LogP contribution in [0.25, 0.3) is 0 Å². The molecule has 6 heteroatoms. The molecule has 1 atom stereocenters. The van der Waals surface area contributed by atoms with Crippen molar-refractivity contribution in [1.29, 1.82) is 0 Å². The van der Waals surface area contributed by atoms with E-state index in [4.69, 9.17) is 0 Å². The van der Waals surface area contributed by atoms with Crippen LogP contribution in [0, 0.1) is 24.0 Å². The number of carbonyl (C=O) groups is 2. The molecule has 0 bridgehead atoms. The number of rotatable bonds is 3. The molecular formula is C15H17F2NO3. The van der Waals surface area contributed by atoms with Gasteiger partial charge >= 0.3 is 5.97 Å². The smallest absolute Gasteiger partial charge is 0.311 e. The van der Waals surface area contributed by atoms with Gasteiger partial charge in [0, 0.05) is 19.2 Å². The highest BCUT2D eigenvalue weighted by Gasteiger charge is 2.45. The molecule has 1 aliphatic heterocycles. The van der Waals surface area contributed by atoms with Gasteiger partial charge < -0.3 is 10.0 Å². The highest BCUT2D eigenvalue weighted by Crippen LogP contribution is 2.35. The van der Waals surface area contributed by atoms with E-state index in [9.17, 15) is 23.5 Å². The van der Waals surface area contributed by atoms with Gasteiger partial charge in [0.2, 0.25) is 0 Å². The van der Waals surface area contributed by atoms with Gasteiger partial charge in [-0.15, -0.1) is 0 Å². The molecule has 1 aliphatic rings. The number of aryl methyl sites for hydroxylation is 1. The van der Waals surface area contributed by atoms with E-state index in [2.05, 4.69) is 0 Å². The first-order chi connectivity index (χ1) is 9.80. The molecule has 4 nitrogen and oxygen atoms in total. The maximum Gasteiger partial charge on any atom is 0.311 e. The summed E-state index contributed by atoms with van der Waals surface area (Å²) < 4.78 is 27.0. The number of aliphatic carboxylic acids is 1. The molecule has 0 saturated carbocycles. The number of hydrogen-bond donors (Lipinski definition) is 1. The van der Waals surface area contributed by atoms with Crippen LogP contribution in [0.1, 0.15) is 35.7 Å². The van der Waals surface area contributed by atoms with Crippen molar-refractivity contribution in [3.8, 4) is 0 Å². The molecule has 1 unspecified atom stereocenters. The first kappa shape index (κ1) is 15.4. The maximum atomic E-state index is 13.8. The summed E-state index contributed by atoms with van der Waals surface area (Å²) in [7, 11) is 0. The molecule has 1 aromatic carbocycles. The standard InChI is InChI=1S/C15H17F2NO3/c1-3-15(14(20)21)4-5-18(8-15)13(19)10-6-9(2)11(16)7-12(10)17/h6-7H,3-5,8H2,1-2H3,(H,20,21). The van der Waals surface area contributed by atoms with Gasteiger partial charge in [0.05, 0.1) is 11.0 Å². The second kappa shape index (κ2) is 5.42. The third-order valence-corrected chi connectivity index (χ3v) is 4.25. The van der Waals surface area contributed by atoms with E-state index >= 15 is 0 Å². The van der Waals surface area contributed by atoms with Gasteiger partial charge in [0.25, 0.3) is 5.91 Å². The predicted octanol–water partition coefficient (Wildman–Crippen LogP) is 2.60. The number of benzene rings is 1. The van der Waals surface area contributed by atoms with Crippen LogP contribution < -0.4 is 0 Å². The van der Waals surface area contributed by atoms with Gasteiger partial charge in [-0.05, 0) is 31.4 Å². The number of nitrogens with zero attached hydrogens (tertiary/aromatic N) is 1. The van der Waals surface area contributed by atoms with Crippen LogP contribution in [-0.2, 0) is 4.79 Å². The van der Waals surface area contributed by atoms with Crippen LogP contribution in [0.4, 0.5) is 8.78 Å². The minimum absolute atomic E-state index is 0.0491. The topological polar surface area (TPSA) is 57.6 Å². The van der Waals surface area contributed by atoms with Gasteiger partial charge in [-0.1, -0.05) is 6.92 Å². The van der Waals surface area contributed by atoms with Crippen molar-refractivity contribution in [3.63, 3.8) is 0 Å². The molecule has 21 heavy (non-hydrogen) atoms. The molecule has 1 fully saturated rings. The lowest BCUT2D eigenvalue weighted by Gasteiger charge is -2.23. The van der Waals surface area contributed by atoms with Crippen molar-refractivity contribution < 1.29 is 23.5 Å². The Hall–Kier alpha value is -1.98. The third-order valence-electron chi connectivity index (χ3n) is 4.25. The molecular weight excluding hydrogens is 280 g/mol. The molecule has 0 aliphatic carbocycles. The van der Waals surface area contributed by atoms with Gasteiger partial charge in [0.1, 0.15) is 11.6 Å². The second-order valence-electron chi connectivity index (χ2n) is 5.50. The fraction of sp³-hybridized carbons (Fsp3) is 0.467. The Morgan fingerprint density at radius 1 is 1.33 bits per heavy atom. The minimum atomic E-state index is -0.971. The fourth-order valence-electron chi connectivity index (χ4n) is 2.65. The van der Waals surface area contributed by atoms with Crippen molar-refractivity contribution in [2.75, 3.05) is 13.1 Å². The summed E-state index contributed by atoms with van der Waals surface area (Å²) in [5.41, 5.74) is -1.01. The van der Waals surface area contributed by atoms with Crippen molar-refractivity contribution in [1.82, 2.24) is 4.90 Å². The minimum Gasteiger partial charge on any atom is -0.481 e. The quantitative estimate of drug-likeness (QED) is 0.933. The van der Waals surface area contributed by atoms with Crippen LogP contribution in [0.5, 0.6) is 0 Å². The molecule has 0 radical (unpaired) electrons. The SMILES string of the molecule is CCC1(C(=O)O)CCN(C(=O)c2cc(C)c(F)cc2F)C1. The van der Waals surface area contributed by atoms with Gasteiger partial charge in [-0.3, -0.25) is 9.59 Å². The average molecular weight is 297 g/mol. The molecule has 1 amide bonds. The summed E-state index contributed by atoms with van der Waals surface area (Å²) in [6.07, 6.45) is 0.739. The molecule has 1 aromatic rings. The molecule has 0 aromatic heterocycles. The number of carboxylic acid groups (broad SMARTS) is 1. The number of hydrogen-bond acceptors (Lipinski definition) is 2. The van der Waals surface area contributed by atoms with Crippen molar-refractivity contribution in [3.05, 3.63) is 34.9 Å². The lowest BCUT2D eigenvalue weighted by molar-refractivity contribution is -0.148. The largest absolute Gasteiger partial charge is 0.481 e. The molecule has 1 heterocycles. The number of carbonyl (C=O) groups excluding carboxylic acids is 1. The zero-order valence-corrected chi connectivity index (χ0v) is 11.9. The number of carboxylic acids is 1. The summed E-state index contributed by atoms with van der Waals surface area (Å²) >= 11 is 0. The van der Waals surface area contributed by atoms with Crippen molar-refractivity contribution >= 4 is 11.9 Å². The van der Waals surface area contributed by atoms with Crippen LogP contribution in [0.2, 0.25) is 0 Å². The van der Waals surface area contributed by atoms with Crippen LogP contribution in [0.15, 0.2) is 12.1 Å². The van der Waals surface area contributed by atoms with Gasteiger partial charge in [-0.25, -0.2) is 8.78 Å². The zero-order chi connectivity index (χ0) is 15.8. The van der Waals surface area contributed by atoms with E-state index < -0.39 is 28.9 Å². The molecule has 2 rings (SSSR count). The Labute approximate surface area is 121 Å². The predicted molar refractivity (Wildman–Crippen MR) is 72.0 cm³/mol. The number of amides is 1. The van der Waals surface area contributed by atoms with Gasteiger partial charge in [0.15, 0.2) is 0 Å². The molecule has 0 spiro atoms. The van der Waals surface area contributed by atoms with E-state index in [0.29, 0.717) is 18.9 Å². The first-order valence-electron chi connectivity index (χ1n) is 6.79. The van der Waals surface area contributed by atoms with Crippen LogP contribution in [0.3, 0.4) is 0 Å². The first-order valence-corrected chi connectivity index (χ1v) is 6.79. The van der Waals surface area contributed by atoms with Crippen molar-refractivity contribution in [2.45, 2.75) is 26.7 Å². The Balaban J connectivity index is 2.27. The Bertz CT molecular complexity index is 603. The molecule has 114 valence electrons. The van der Waals surface area contributed by atoms with E-state index in [1.807, 2.05) is 0 Å². The van der Waals surface area contributed by atoms with E-state index in [1.165, 1.54) is 17.9 Å². The Morgan fingerprint density at radius 2 is 2.00 bits per heavy atom. The van der Waals surface area contributed by atoms with E-state index in [-0.39, 0.29) is 24.2 Å². The van der Waals surface area contributed by atoms with Gasteiger partial charge in [-0.2, -0.15) is 0 Å².